The third-order valence-electron chi connectivity index (χ3n) is 5.30. The first-order chi connectivity index (χ1) is 16.4. The number of hydrogen-bond acceptors (Lipinski definition) is 7. The third kappa shape index (κ3) is 3.75. The van der Waals surface area contributed by atoms with E-state index < -0.39 is 5.91 Å². The Labute approximate surface area is 193 Å². The van der Waals surface area contributed by atoms with Gasteiger partial charge in [0, 0.05) is 5.69 Å². The second kappa shape index (κ2) is 8.21. The largest absolute Gasteiger partial charge is 0.504 e. The number of nitrogens with two attached hydrogens (primary N) is 1. The zero-order valence-electron chi connectivity index (χ0n) is 18.1. The fourth-order valence-electron chi connectivity index (χ4n) is 3.65. The van der Waals surface area contributed by atoms with Gasteiger partial charge in [0.1, 0.15) is 16.9 Å². The van der Waals surface area contributed by atoms with Gasteiger partial charge < -0.3 is 21.3 Å². The van der Waals surface area contributed by atoms with Gasteiger partial charge in [0.05, 0.1) is 17.2 Å². The number of fused-ring (bicyclic) bond motifs is 2. The first-order valence-corrected chi connectivity index (χ1v) is 10.4. The van der Waals surface area contributed by atoms with Crippen LogP contribution in [0, 0.1) is 6.92 Å². The molecule has 5 aromatic rings. The Morgan fingerprint density at radius 2 is 1.76 bits per heavy atom. The van der Waals surface area contributed by atoms with Crippen molar-refractivity contribution in [2.45, 2.75) is 6.92 Å². The molecule has 168 valence electrons. The van der Waals surface area contributed by atoms with Gasteiger partial charge in [0.15, 0.2) is 17.1 Å². The highest BCUT2D eigenvalue weighted by molar-refractivity contribution is 6.16. The lowest BCUT2D eigenvalue weighted by Crippen LogP contribution is -2.14. The minimum Gasteiger partial charge on any atom is -0.504 e. The van der Waals surface area contributed by atoms with Crippen LogP contribution < -0.4 is 11.1 Å². The SMILES string of the molecule is Cc1cccc(NC(=O)c2c(N)n(N=Cc3ccc(O)c(O)c3)c3nc4ccccc4nc23)c1. The summed E-state index contributed by atoms with van der Waals surface area (Å²) in [6, 6.07) is 19.0. The topological polar surface area (TPSA) is 139 Å². The fourth-order valence-corrected chi connectivity index (χ4v) is 3.65. The summed E-state index contributed by atoms with van der Waals surface area (Å²) in [5, 5.41) is 26.6. The van der Waals surface area contributed by atoms with E-state index in [0.717, 1.165) is 5.56 Å². The van der Waals surface area contributed by atoms with E-state index >= 15 is 0 Å². The molecule has 0 radical (unpaired) electrons. The van der Waals surface area contributed by atoms with E-state index in [9.17, 15) is 15.0 Å². The summed E-state index contributed by atoms with van der Waals surface area (Å²) in [5.41, 5.74) is 10.6. The monoisotopic (exact) mass is 452 g/mol. The van der Waals surface area contributed by atoms with Crippen LogP contribution in [-0.4, -0.2) is 37.0 Å². The molecule has 0 spiro atoms. The van der Waals surface area contributed by atoms with Crippen LogP contribution in [-0.2, 0) is 0 Å². The van der Waals surface area contributed by atoms with Crippen LogP contribution in [0.4, 0.5) is 11.5 Å². The average Bonchev–Trinajstić information content (AvgIpc) is 3.08. The van der Waals surface area contributed by atoms with Crippen molar-refractivity contribution < 1.29 is 15.0 Å². The van der Waals surface area contributed by atoms with Gasteiger partial charge in [-0.2, -0.15) is 9.78 Å². The molecule has 0 unspecified atom stereocenters. The molecule has 0 bridgehead atoms. The summed E-state index contributed by atoms with van der Waals surface area (Å²) in [7, 11) is 0. The molecular weight excluding hydrogens is 432 g/mol. The number of nitrogens with zero attached hydrogens (tertiary/aromatic N) is 4. The lowest BCUT2D eigenvalue weighted by Gasteiger charge is -2.06. The van der Waals surface area contributed by atoms with Gasteiger partial charge in [-0.3, -0.25) is 4.79 Å². The van der Waals surface area contributed by atoms with Crippen molar-refractivity contribution in [2.24, 2.45) is 5.10 Å². The molecule has 9 heteroatoms. The van der Waals surface area contributed by atoms with Gasteiger partial charge in [-0.15, -0.1) is 0 Å². The van der Waals surface area contributed by atoms with Crippen molar-refractivity contribution in [1.82, 2.24) is 14.6 Å². The molecular formula is C25H20N6O3. The van der Waals surface area contributed by atoms with E-state index in [2.05, 4.69) is 20.4 Å². The van der Waals surface area contributed by atoms with Crippen molar-refractivity contribution >= 4 is 45.8 Å². The van der Waals surface area contributed by atoms with E-state index in [1.807, 2.05) is 43.3 Å². The maximum absolute atomic E-state index is 13.3. The second-order valence-corrected chi connectivity index (χ2v) is 7.77. The van der Waals surface area contributed by atoms with Crippen LogP contribution in [0.25, 0.3) is 22.2 Å². The number of phenolic OH excluding ortho intramolecular Hbond substituents is 2. The van der Waals surface area contributed by atoms with Crippen LogP contribution >= 0.6 is 0 Å². The minimum atomic E-state index is -0.436. The van der Waals surface area contributed by atoms with Crippen LogP contribution in [0.2, 0.25) is 0 Å². The first kappa shape index (κ1) is 21.0. The molecule has 0 saturated carbocycles. The van der Waals surface area contributed by atoms with Gasteiger partial charge >= 0.3 is 0 Å². The molecule has 2 heterocycles. The molecule has 0 aliphatic carbocycles. The van der Waals surface area contributed by atoms with Crippen LogP contribution in [0.3, 0.4) is 0 Å². The molecule has 0 aliphatic rings. The van der Waals surface area contributed by atoms with Gasteiger partial charge in [-0.1, -0.05) is 24.3 Å². The Hall–Kier alpha value is -4.92. The molecule has 0 atom stereocenters. The molecule has 2 aromatic heterocycles. The Morgan fingerprint density at radius 1 is 1.00 bits per heavy atom. The summed E-state index contributed by atoms with van der Waals surface area (Å²) >= 11 is 0. The number of anilines is 2. The molecule has 1 amide bonds. The Balaban J connectivity index is 1.66. The number of aromatic hydroxyl groups is 2. The van der Waals surface area contributed by atoms with Crippen molar-refractivity contribution in [1.29, 1.82) is 0 Å². The molecule has 9 nitrogen and oxygen atoms in total. The molecule has 0 aliphatic heterocycles. The van der Waals surface area contributed by atoms with Crippen molar-refractivity contribution in [2.75, 3.05) is 11.1 Å². The van der Waals surface area contributed by atoms with Crippen molar-refractivity contribution in [3.63, 3.8) is 0 Å². The van der Waals surface area contributed by atoms with Crippen molar-refractivity contribution in [3.05, 3.63) is 83.4 Å². The molecule has 0 saturated heterocycles. The van der Waals surface area contributed by atoms with Gasteiger partial charge in [-0.25, -0.2) is 9.97 Å². The van der Waals surface area contributed by atoms with E-state index in [-0.39, 0.29) is 22.9 Å². The lowest BCUT2D eigenvalue weighted by molar-refractivity contribution is 0.102. The standard InChI is InChI=1S/C25H20N6O3/c1-14-5-4-6-16(11-14)28-25(34)21-22-24(30-18-8-3-2-7-17(18)29-22)31(23(21)26)27-13-15-9-10-19(32)20(33)12-15/h2-13,32-33H,26H2,1H3,(H,28,34). The number of phenols is 2. The molecule has 5 N–H and O–H groups in total. The third-order valence-corrected chi connectivity index (χ3v) is 5.30. The number of nitrogens with one attached hydrogen (secondary N) is 1. The normalized spacial score (nSPS) is 11.4. The highest BCUT2D eigenvalue weighted by Gasteiger charge is 2.24. The summed E-state index contributed by atoms with van der Waals surface area (Å²) in [4.78, 5) is 22.6. The number of benzene rings is 3. The van der Waals surface area contributed by atoms with Crippen LogP contribution in [0.1, 0.15) is 21.5 Å². The Morgan fingerprint density at radius 3 is 2.50 bits per heavy atom. The highest BCUT2D eigenvalue weighted by Crippen LogP contribution is 2.29. The predicted octanol–water partition coefficient (Wildman–Crippen LogP) is 4.02. The second-order valence-electron chi connectivity index (χ2n) is 7.77. The fraction of sp³-hybridized carbons (Fsp3) is 0.0400. The number of para-hydroxylation sites is 2. The summed E-state index contributed by atoms with van der Waals surface area (Å²) in [6.07, 6.45) is 1.44. The quantitative estimate of drug-likeness (QED) is 0.240. The number of carbonyl (C=O) groups is 1. The molecule has 5 rings (SSSR count). The number of hydrogen-bond donors (Lipinski definition) is 4. The summed E-state index contributed by atoms with van der Waals surface area (Å²) in [6.45, 7) is 1.93. The van der Waals surface area contributed by atoms with E-state index in [1.54, 1.807) is 18.2 Å². The van der Waals surface area contributed by atoms with Crippen molar-refractivity contribution in [3.8, 4) is 11.5 Å². The van der Waals surface area contributed by atoms with Crippen LogP contribution in [0.15, 0.2) is 71.8 Å². The Kier molecular flexibility index (Phi) is 5.06. The number of aromatic nitrogens is 3. The predicted molar refractivity (Wildman–Crippen MR) is 131 cm³/mol. The van der Waals surface area contributed by atoms with E-state index in [0.29, 0.717) is 33.4 Å². The first-order valence-electron chi connectivity index (χ1n) is 10.4. The maximum atomic E-state index is 13.3. The summed E-state index contributed by atoms with van der Waals surface area (Å²) in [5.74, 6) is -0.891. The minimum absolute atomic E-state index is 0.0645. The number of nitrogen functional groups attached to an aromatic ring is 1. The summed E-state index contributed by atoms with van der Waals surface area (Å²) < 4.78 is 1.34. The lowest BCUT2D eigenvalue weighted by atomic mass is 10.2. The number of amides is 1. The number of aryl methyl sites for hydroxylation is 1. The zero-order chi connectivity index (χ0) is 23.8. The van der Waals surface area contributed by atoms with E-state index in [4.69, 9.17) is 5.73 Å². The van der Waals surface area contributed by atoms with Gasteiger partial charge in [0.25, 0.3) is 5.91 Å². The molecule has 0 fully saturated rings. The zero-order valence-corrected chi connectivity index (χ0v) is 18.1. The Bertz CT molecular complexity index is 1610. The average molecular weight is 452 g/mol. The van der Waals surface area contributed by atoms with E-state index in [1.165, 1.54) is 23.0 Å². The maximum Gasteiger partial charge on any atom is 0.261 e. The molecule has 34 heavy (non-hydrogen) atoms. The van der Waals surface area contributed by atoms with Gasteiger partial charge in [0.2, 0.25) is 0 Å². The number of rotatable bonds is 4. The molecule has 3 aromatic carbocycles. The number of carbonyl (C=O) groups excluding carboxylic acids is 1. The smallest absolute Gasteiger partial charge is 0.261 e. The van der Waals surface area contributed by atoms with Crippen LogP contribution in [0.5, 0.6) is 11.5 Å². The van der Waals surface area contributed by atoms with Gasteiger partial charge in [-0.05, 0) is 60.5 Å². The highest BCUT2D eigenvalue weighted by atomic mass is 16.3.